The van der Waals surface area contributed by atoms with Gasteiger partial charge in [-0.3, -0.25) is 14.5 Å². The molecule has 0 amide bonds. The van der Waals surface area contributed by atoms with Crippen LogP contribution in [0.2, 0.25) is 0 Å². The van der Waals surface area contributed by atoms with Gasteiger partial charge in [0, 0.05) is 73.8 Å². The Morgan fingerprint density at radius 1 is 0.610 bits per heavy atom. The van der Waals surface area contributed by atoms with Crippen molar-refractivity contribution < 1.29 is 0 Å². The van der Waals surface area contributed by atoms with Gasteiger partial charge in [-0.15, -0.1) is 0 Å². The summed E-state index contributed by atoms with van der Waals surface area (Å²) in [5.41, 5.74) is 9.50. The second kappa shape index (κ2) is 7.99. The van der Waals surface area contributed by atoms with Gasteiger partial charge in [0.15, 0.2) is 0 Å². The second-order valence-corrected chi connectivity index (χ2v) is 10.6. The van der Waals surface area contributed by atoms with Gasteiger partial charge >= 0.3 is 0 Å². The maximum absolute atomic E-state index is 4.94. The highest BCUT2D eigenvalue weighted by molar-refractivity contribution is 6.18. The molecule has 0 spiro atoms. The number of nitrogens with zero attached hydrogens (tertiary/aromatic N) is 6. The number of para-hydroxylation sites is 1. The van der Waals surface area contributed by atoms with Crippen molar-refractivity contribution >= 4 is 65.5 Å². The molecule has 7 heteroatoms. The quantitative estimate of drug-likeness (QED) is 0.249. The third-order valence-corrected chi connectivity index (χ3v) is 8.21. The van der Waals surface area contributed by atoms with Crippen LogP contribution in [0.5, 0.6) is 0 Å². The lowest BCUT2D eigenvalue weighted by Crippen LogP contribution is -1.99. The molecule has 1 N–H and O–H groups in total. The van der Waals surface area contributed by atoms with Gasteiger partial charge in [0.05, 0.1) is 27.9 Å². The van der Waals surface area contributed by atoms with Crippen LogP contribution in [0.4, 0.5) is 0 Å². The molecule has 9 rings (SSSR count). The lowest BCUT2D eigenvalue weighted by molar-refractivity contribution is 1.05. The molecule has 0 unspecified atom stereocenters. The van der Waals surface area contributed by atoms with Crippen molar-refractivity contribution in [2.75, 3.05) is 0 Å². The van der Waals surface area contributed by atoms with Crippen LogP contribution in [0.1, 0.15) is 11.5 Å². The molecule has 41 heavy (non-hydrogen) atoms. The van der Waals surface area contributed by atoms with Crippen LogP contribution in [-0.2, 0) is 0 Å². The Bertz CT molecular complexity index is 2510. The molecule has 0 saturated heterocycles. The van der Waals surface area contributed by atoms with Crippen LogP contribution in [0.15, 0.2) is 97.6 Å². The number of fused-ring (bicyclic) bond motifs is 9. The van der Waals surface area contributed by atoms with Gasteiger partial charge in [0.1, 0.15) is 11.5 Å². The summed E-state index contributed by atoms with van der Waals surface area (Å²) >= 11 is 0. The van der Waals surface area contributed by atoms with E-state index >= 15 is 0 Å². The van der Waals surface area contributed by atoms with Crippen LogP contribution in [0.3, 0.4) is 0 Å². The highest BCUT2D eigenvalue weighted by Crippen LogP contribution is 2.41. The Balaban J connectivity index is 1.48. The predicted octanol–water partition coefficient (Wildman–Crippen LogP) is 7.71. The van der Waals surface area contributed by atoms with Crippen LogP contribution in [-0.4, -0.2) is 34.1 Å². The SMILES string of the molecule is Cc1cc2c(cn1)c1c(-n3c4ccccc4c4cnc(C)nc43)cccc1n2-c1cccc2[nH]c3ccncc3c12. The first-order valence-electron chi connectivity index (χ1n) is 13.6. The number of aromatic amines is 1. The van der Waals surface area contributed by atoms with E-state index < -0.39 is 0 Å². The molecule has 6 heterocycles. The van der Waals surface area contributed by atoms with Crippen LogP contribution >= 0.6 is 0 Å². The Kier molecular flexibility index (Phi) is 4.34. The molecule has 0 aliphatic rings. The van der Waals surface area contributed by atoms with Crippen LogP contribution in [0.25, 0.3) is 76.9 Å². The molecule has 0 aliphatic heterocycles. The molecular weight excluding hydrogens is 506 g/mol. The number of H-pyrrole nitrogens is 1. The van der Waals surface area contributed by atoms with E-state index in [4.69, 9.17) is 9.97 Å². The minimum atomic E-state index is 0.744. The smallest absolute Gasteiger partial charge is 0.149 e. The molecule has 194 valence electrons. The summed E-state index contributed by atoms with van der Waals surface area (Å²) in [6.45, 7) is 3.99. The Hall–Kier alpha value is -5.56. The lowest BCUT2D eigenvalue weighted by atomic mass is 10.1. The number of hydrogen-bond donors (Lipinski definition) is 1. The number of pyridine rings is 2. The van der Waals surface area contributed by atoms with E-state index in [9.17, 15) is 0 Å². The van der Waals surface area contributed by atoms with Gasteiger partial charge in [0.25, 0.3) is 0 Å². The molecule has 0 radical (unpaired) electrons. The highest BCUT2D eigenvalue weighted by Gasteiger charge is 2.22. The second-order valence-electron chi connectivity index (χ2n) is 10.6. The summed E-state index contributed by atoms with van der Waals surface area (Å²) in [6, 6.07) is 25.6. The average Bonchev–Trinajstić information content (AvgIpc) is 3.64. The first-order chi connectivity index (χ1) is 20.2. The molecular formula is C34H23N7. The molecule has 6 aromatic heterocycles. The summed E-state index contributed by atoms with van der Waals surface area (Å²) in [4.78, 5) is 22.3. The van der Waals surface area contributed by atoms with Gasteiger partial charge in [0.2, 0.25) is 0 Å². The largest absolute Gasteiger partial charge is 0.354 e. The highest BCUT2D eigenvalue weighted by atomic mass is 15.1. The van der Waals surface area contributed by atoms with Gasteiger partial charge in [-0.05, 0) is 56.3 Å². The minimum absolute atomic E-state index is 0.744. The molecule has 0 saturated carbocycles. The molecule has 3 aromatic carbocycles. The fraction of sp³-hybridized carbons (Fsp3) is 0.0588. The molecule has 0 bridgehead atoms. The Morgan fingerprint density at radius 3 is 2.34 bits per heavy atom. The summed E-state index contributed by atoms with van der Waals surface area (Å²) in [5, 5.41) is 6.64. The van der Waals surface area contributed by atoms with E-state index in [-0.39, 0.29) is 0 Å². The third-order valence-electron chi connectivity index (χ3n) is 8.21. The van der Waals surface area contributed by atoms with Crippen LogP contribution < -0.4 is 0 Å². The van der Waals surface area contributed by atoms with E-state index in [0.29, 0.717) is 0 Å². The van der Waals surface area contributed by atoms with Crippen molar-refractivity contribution in [3.63, 3.8) is 0 Å². The average molecular weight is 530 g/mol. The zero-order valence-electron chi connectivity index (χ0n) is 22.4. The summed E-state index contributed by atoms with van der Waals surface area (Å²) in [7, 11) is 0. The Morgan fingerprint density at radius 2 is 1.41 bits per heavy atom. The predicted molar refractivity (Wildman–Crippen MR) is 165 cm³/mol. The van der Waals surface area contributed by atoms with E-state index in [2.05, 4.69) is 90.8 Å². The van der Waals surface area contributed by atoms with E-state index in [0.717, 1.165) is 88.4 Å². The number of nitrogens with one attached hydrogen (secondary N) is 1. The maximum atomic E-state index is 4.94. The number of hydrogen-bond acceptors (Lipinski definition) is 4. The summed E-state index contributed by atoms with van der Waals surface area (Å²) < 4.78 is 4.65. The van der Waals surface area contributed by atoms with Crippen molar-refractivity contribution in [1.29, 1.82) is 0 Å². The number of rotatable bonds is 2. The van der Waals surface area contributed by atoms with E-state index in [1.807, 2.05) is 44.7 Å². The molecule has 0 fully saturated rings. The lowest BCUT2D eigenvalue weighted by Gasteiger charge is -2.12. The van der Waals surface area contributed by atoms with Crippen molar-refractivity contribution in [3.05, 3.63) is 109 Å². The first kappa shape index (κ1) is 22.3. The number of aryl methyl sites for hydroxylation is 2. The minimum Gasteiger partial charge on any atom is -0.354 e. The monoisotopic (exact) mass is 529 g/mol. The standard InChI is InChI=1S/C34H23N7/c1-19-15-31-24(18-36-19)33-29(40(31)28-10-5-8-26-32(28)23-16-35-14-13-25(23)39-26)11-6-12-30(33)41-27-9-4-3-7-21(27)22-17-37-20(2)38-34(22)41/h3-18,39H,1-2H3. The first-order valence-corrected chi connectivity index (χ1v) is 13.6. The number of benzene rings is 3. The van der Waals surface area contributed by atoms with Gasteiger partial charge in [-0.25, -0.2) is 9.97 Å². The van der Waals surface area contributed by atoms with Crippen molar-refractivity contribution in [3.8, 4) is 11.4 Å². The van der Waals surface area contributed by atoms with E-state index in [1.165, 1.54) is 0 Å². The third kappa shape index (κ3) is 2.97. The van der Waals surface area contributed by atoms with Crippen molar-refractivity contribution in [2.24, 2.45) is 0 Å². The summed E-state index contributed by atoms with van der Waals surface area (Å²) in [5.74, 6) is 0.744. The normalized spacial score (nSPS) is 12.1. The van der Waals surface area contributed by atoms with Crippen molar-refractivity contribution in [1.82, 2.24) is 34.1 Å². The zero-order chi connectivity index (χ0) is 27.2. The fourth-order valence-corrected chi connectivity index (χ4v) is 6.52. The van der Waals surface area contributed by atoms with E-state index in [1.54, 1.807) is 0 Å². The fourth-order valence-electron chi connectivity index (χ4n) is 6.52. The zero-order valence-corrected chi connectivity index (χ0v) is 22.4. The Labute approximate surface area is 233 Å². The van der Waals surface area contributed by atoms with Crippen molar-refractivity contribution in [2.45, 2.75) is 13.8 Å². The maximum Gasteiger partial charge on any atom is 0.149 e. The van der Waals surface area contributed by atoms with Crippen LogP contribution in [0, 0.1) is 13.8 Å². The number of aromatic nitrogens is 7. The van der Waals surface area contributed by atoms with Gasteiger partial charge in [-0.2, -0.15) is 0 Å². The molecule has 0 aliphatic carbocycles. The summed E-state index contributed by atoms with van der Waals surface area (Å²) in [6.07, 6.45) is 7.73. The van der Waals surface area contributed by atoms with Gasteiger partial charge < -0.3 is 9.55 Å². The molecule has 0 atom stereocenters. The molecule has 7 nitrogen and oxygen atoms in total. The van der Waals surface area contributed by atoms with Gasteiger partial charge in [-0.1, -0.05) is 30.3 Å². The molecule has 9 aromatic rings. The topological polar surface area (TPSA) is 77.2 Å².